The first-order chi connectivity index (χ1) is 18.2. The molecule has 202 valence electrons. The highest BCUT2D eigenvalue weighted by Gasteiger charge is 2.30. The number of carbonyl (C=O) groups excluding carboxylic acids is 2. The van der Waals surface area contributed by atoms with E-state index < -0.39 is 21.9 Å². The second kappa shape index (κ2) is 13.7. The summed E-state index contributed by atoms with van der Waals surface area (Å²) >= 11 is 0. The van der Waals surface area contributed by atoms with E-state index in [9.17, 15) is 22.4 Å². The van der Waals surface area contributed by atoms with Crippen molar-refractivity contribution in [1.82, 2.24) is 10.2 Å². The maximum Gasteiger partial charge on any atom is 0.243 e. The second-order valence-corrected chi connectivity index (χ2v) is 10.9. The van der Waals surface area contributed by atoms with Gasteiger partial charge in [0.25, 0.3) is 0 Å². The van der Waals surface area contributed by atoms with Crippen molar-refractivity contribution >= 4 is 27.5 Å². The van der Waals surface area contributed by atoms with Crippen LogP contribution in [0.1, 0.15) is 30.9 Å². The molecule has 7 nitrogen and oxygen atoms in total. The lowest BCUT2D eigenvalue weighted by atomic mass is 10.0. The van der Waals surface area contributed by atoms with Gasteiger partial charge in [-0.05, 0) is 37.1 Å². The molecule has 0 radical (unpaired) electrons. The summed E-state index contributed by atoms with van der Waals surface area (Å²) in [5.41, 5.74) is 1.67. The summed E-state index contributed by atoms with van der Waals surface area (Å²) in [6, 6.07) is 23.3. The number of sulfonamides is 1. The summed E-state index contributed by atoms with van der Waals surface area (Å²) < 4.78 is 40.7. The van der Waals surface area contributed by atoms with Crippen molar-refractivity contribution in [3.8, 4) is 0 Å². The van der Waals surface area contributed by atoms with E-state index in [-0.39, 0.29) is 44.2 Å². The van der Waals surface area contributed by atoms with Crippen LogP contribution in [-0.2, 0) is 32.6 Å². The Morgan fingerprint density at radius 3 is 2.13 bits per heavy atom. The van der Waals surface area contributed by atoms with Gasteiger partial charge in [-0.25, -0.2) is 12.8 Å². The molecule has 0 aliphatic rings. The summed E-state index contributed by atoms with van der Waals surface area (Å²) in [6.45, 7) is 2.18. The van der Waals surface area contributed by atoms with E-state index in [0.717, 1.165) is 11.8 Å². The number of likely N-dealkylation sites (N-methyl/N-ethyl adjacent to an activating group) is 1. The van der Waals surface area contributed by atoms with Crippen LogP contribution < -0.4 is 9.62 Å². The summed E-state index contributed by atoms with van der Waals surface area (Å²) in [5.74, 6) is -1.16. The van der Waals surface area contributed by atoms with Crippen molar-refractivity contribution in [1.29, 1.82) is 0 Å². The zero-order valence-electron chi connectivity index (χ0n) is 21.7. The molecule has 0 unspecified atom stereocenters. The molecule has 38 heavy (non-hydrogen) atoms. The highest BCUT2D eigenvalue weighted by molar-refractivity contribution is 7.92. The van der Waals surface area contributed by atoms with E-state index in [1.807, 2.05) is 30.3 Å². The van der Waals surface area contributed by atoms with Crippen molar-refractivity contribution in [3.63, 3.8) is 0 Å². The molecule has 1 N–H and O–H groups in total. The molecule has 0 fully saturated rings. The Kier molecular flexibility index (Phi) is 10.4. The molecule has 0 heterocycles. The molecule has 3 aromatic rings. The third kappa shape index (κ3) is 8.14. The van der Waals surface area contributed by atoms with Crippen LogP contribution in [0.2, 0.25) is 0 Å². The van der Waals surface area contributed by atoms with Crippen molar-refractivity contribution < 1.29 is 22.4 Å². The lowest BCUT2D eigenvalue weighted by Crippen LogP contribution is -2.50. The molecule has 0 aliphatic heterocycles. The van der Waals surface area contributed by atoms with Gasteiger partial charge in [0.15, 0.2) is 0 Å². The highest BCUT2D eigenvalue weighted by atomic mass is 32.2. The number of amides is 2. The number of hydrogen-bond donors (Lipinski definition) is 1. The Balaban J connectivity index is 1.86. The molecule has 3 aromatic carbocycles. The van der Waals surface area contributed by atoms with Gasteiger partial charge in [0.05, 0.1) is 11.9 Å². The zero-order chi connectivity index (χ0) is 27.5. The first-order valence-corrected chi connectivity index (χ1v) is 14.4. The fraction of sp³-hybridized carbons (Fsp3) is 0.310. The minimum absolute atomic E-state index is 0.0159. The van der Waals surface area contributed by atoms with Crippen molar-refractivity contribution in [2.45, 2.75) is 38.8 Å². The van der Waals surface area contributed by atoms with Crippen molar-refractivity contribution in [2.24, 2.45) is 0 Å². The SMILES string of the molecule is CCNC(=O)[C@H](Cc1ccccc1)N(Cc1ccccc1F)C(=O)CCCN(c1ccccc1)S(C)(=O)=O. The Morgan fingerprint density at radius 1 is 0.921 bits per heavy atom. The summed E-state index contributed by atoms with van der Waals surface area (Å²) in [7, 11) is -3.57. The van der Waals surface area contributed by atoms with E-state index in [2.05, 4.69) is 5.32 Å². The van der Waals surface area contributed by atoms with Crippen LogP contribution in [0, 0.1) is 5.82 Å². The normalized spacial score (nSPS) is 12.0. The topological polar surface area (TPSA) is 86.8 Å². The average molecular weight is 540 g/mol. The minimum Gasteiger partial charge on any atom is -0.355 e. The van der Waals surface area contributed by atoms with Crippen LogP contribution in [0.4, 0.5) is 10.1 Å². The van der Waals surface area contributed by atoms with Gasteiger partial charge in [0.1, 0.15) is 11.9 Å². The lowest BCUT2D eigenvalue weighted by molar-refractivity contribution is -0.141. The molecule has 1 atom stereocenters. The lowest BCUT2D eigenvalue weighted by Gasteiger charge is -2.32. The molecular weight excluding hydrogens is 505 g/mol. The van der Waals surface area contributed by atoms with Crippen LogP contribution in [-0.4, -0.2) is 50.5 Å². The van der Waals surface area contributed by atoms with Crippen LogP contribution in [0.3, 0.4) is 0 Å². The molecule has 0 aliphatic carbocycles. The molecule has 0 spiro atoms. The molecule has 0 aromatic heterocycles. The minimum atomic E-state index is -3.57. The van der Waals surface area contributed by atoms with Gasteiger partial charge >= 0.3 is 0 Å². The summed E-state index contributed by atoms with van der Waals surface area (Å²) in [5, 5.41) is 2.80. The van der Waals surface area contributed by atoms with Gasteiger partial charge in [0, 0.05) is 38.0 Å². The van der Waals surface area contributed by atoms with Crippen LogP contribution >= 0.6 is 0 Å². The summed E-state index contributed by atoms with van der Waals surface area (Å²) in [4.78, 5) is 28.2. The molecule has 0 saturated heterocycles. The van der Waals surface area contributed by atoms with Gasteiger partial charge in [-0.2, -0.15) is 0 Å². The zero-order valence-corrected chi connectivity index (χ0v) is 22.5. The predicted octanol–water partition coefficient (Wildman–Crippen LogP) is 4.15. The number of para-hydroxylation sites is 1. The maximum absolute atomic E-state index is 14.6. The maximum atomic E-state index is 14.6. The number of anilines is 1. The van der Waals surface area contributed by atoms with E-state index in [0.29, 0.717) is 17.8 Å². The standard InChI is InChI=1S/C29H34FN3O4S/c1-3-31-29(35)27(21-23-13-6-4-7-14-23)32(22-24-15-10-11-18-26(24)30)28(34)19-12-20-33(38(2,36)37)25-16-8-5-9-17-25/h4-11,13-18,27H,3,12,19-22H2,1-2H3,(H,31,35)/t27-/m0/s1. The molecule has 0 saturated carbocycles. The van der Waals surface area contributed by atoms with Crippen molar-refractivity contribution in [3.05, 3.63) is 102 Å². The van der Waals surface area contributed by atoms with E-state index in [1.165, 1.54) is 15.3 Å². The van der Waals surface area contributed by atoms with Gasteiger partial charge < -0.3 is 10.2 Å². The Morgan fingerprint density at radius 2 is 1.53 bits per heavy atom. The third-order valence-corrected chi connectivity index (χ3v) is 7.31. The molecular formula is C29H34FN3O4S. The van der Waals surface area contributed by atoms with Gasteiger partial charge in [-0.3, -0.25) is 13.9 Å². The molecule has 3 rings (SSSR count). The Labute approximate surface area is 224 Å². The van der Waals surface area contributed by atoms with Gasteiger partial charge in [-0.15, -0.1) is 0 Å². The third-order valence-electron chi connectivity index (χ3n) is 6.12. The van der Waals surface area contributed by atoms with Crippen LogP contribution in [0.25, 0.3) is 0 Å². The van der Waals surface area contributed by atoms with E-state index in [4.69, 9.17) is 0 Å². The quantitative estimate of drug-likeness (QED) is 0.354. The number of carbonyl (C=O) groups is 2. The number of nitrogens with zero attached hydrogens (tertiary/aromatic N) is 2. The smallest absolute Gasteiger partial charge is 0.243 e. The largest absolute Gasteiger partial charge is 0.355 e. The molecule has 9 heteroatoms. The molecule has 2 amide bonds. The fourth-order valence-electron chi connectivity index (χ4n) is 4.25. The number of hydrogen-bond acceptors (Lipinski definition) is 4. The van der Waals surface area contributed by atoms with Crippen LogP contribution in [0.15, 0.2) is 84.9 Å². The van der Waals surface area contributed by atoms with Gasteiger partial charge in [0.2, 0.25) is 21.8 Å². The van der Waals surface area contributed by atoms with Crippen molar-refractivity contribution in [2.75, 3.05) is 23.7 Å². The first kappa shape index (κ1) is 28.8. The number of benzene rings is 3. The van der Waals surface area contributed by atoms with Gasteiger partial charge in [-0.1, -0.05) is 66.7 Å². The first-order valence-electron chi connectivity index (χ1n) is 12.6. The molecule has 0 bridgehead atoms. The predicted molar refractivity (Wildman–Crippen MR) is 147 cm³/mol. The summed E-state index contributed by atoms with van der Waals surface area (Å²) in [6.07, 6.45) is 1.59. The highest BCUT2D eigenvalue weighted by Crippen LogP contribution is 2.20. The number of halogens is 1. The average Bonchev–Trinajstić information content (AvgIpc) is 2.90. The second-order valence-electron chi connectivity index (χ2n) is 8.99. The monoisotopic (exact) mass is 539 g/mol. The van der Waals surface area contributed by atoms with E-state index >= 15 is 0 Å². The van der Waals surface area contributed by atoms with Crippen LogP contribution in [0.5, 0.6) is 0 Å². The fourth-order valence-corrected chi connectivity index (χ4v) is 5.22. The van der Waals surface area contributed by atoms with E-state index in [1.54, 1.807) is 55.5 Å². The Hall–Kier alpha value is -3.72. The number of nitrogens with one attached hydrogen (secondary N) is 1. The number of rotatable bonds is 13. The Bertz CT molecular complexity index is 1300.